The van der Waals surface area contributed by atoms with E-state index in [1.54, 1.807) is 20.8 Å². The third-order valence-electron chi connectivity index (χ3n) is 1.90. The monoisotopic (exact) mass is 162 g/mol. The molecule has 0 atom stereocenters. The quantitative estimate of drug-likeness (QED) is 0.492. The normalized spacial score (nSPS) is 15.3. The first kappa shape index (κ1) is 10.9. The molecule has 0 fully saturated rings. The van der Waals surface area contributed by atoms with Gasteiger partial charge in [0.2, 0.25) is 0 Å². The van der Waals surface area contributed by atoms with Gasteiger partial charge in [0.1, 0.15) is 5.60 Å². The van der Waals surface area contributed by atoms with Crippen LogP contribution in [-0.4, -0.2) is 26.7 Å². The smallest absolute Gasteiger partial charge is 0.196 e. The zero-order valence-electron chi connectivity index (χ0n) is 7.84. The molecule has 0 spiro atoms. The second-order valence-corrected chi connectivity index (χ2v) is 4.48. The summed E-state index contributed by atoms with van der Waals surface area (Å²) in [6, 6.07) is 0. The van der Waals surface area contributed by atoms with Crippen LogP contribution in [0.3, 0.4) is 0 Å². The SMILES string of the molecule is CC(C)(C)C(O)(O)C(C)(C)O. The lowest BCUT2D eigenvalue weighted by Crippen LogP contribution is -2.58. The fourth-order valence-electron chi connectivity index (χ4n) is 0.918. The summed E-state index contributed by atoms with van der Waals surface area (Å²) in [5.41, 5.74) is -2.27. The van der Waals surface area contributed by atoms with Crippen LogP contribution >= 0.6 is 0 Å². The summed E-state index contributed by atoms with van der Waals surface area (Å²) in [4.78, 5) is 0. The Balaban J connectivity index is 4.75. The minimum atomic E-state index is -2.07. The van der Waals surface area contributed by atoms with E-state index in [2.05, 4.69) is 0 Å². The zero-order chi connectivity index (χ0) is 9.50. The summed E-state index contributed by atoms with van der Waals surface area (Å²) in [7, 11) is 0. The van der Waals surface area contributed by atoms with Crippen molar-refractivity contribution in [2.45, 2.75) is 46.0 Å². The van der Waals surface area contributed by atoms with Crippen LogP contribution in [0.15, 0.2) is 0 Å². The number of hydrogen-bond donors (Lipinski definition) is 3. The Morgan fingerprint density at radius 1 is 0.727 bits per heavy atom. The highest BCUT2D eigenvalue weighted by Gasteiger charge is 2.49. The minimum Gasteiger partial charge on any atom is -0.385 e. The summed E-state index contributed by atoms with van der Waals surface area (Å²) in [6.07, 6.45) is 0. The van der Waals surface area contributed by atoms with Gasteiger partial charge in [0.25, 0.3) is 0 Å². The molecule has 0 aromatic carbocycles. The van der Waals surface area contributed by atoms with Crippen molar-refractivity contribution in [2.75, 3.05) is 0 Å². The Morgan fingerprint density at radius 3 is 1.00 bits per heavy atom. The Labute approximate surface area is 67.7 Å². The molecule has 0 rings (SSSR count). The Morgan fingerprint density at radius 2 is 1.00 bits per heavy atom. The molecular formula is C8H18O3. The van der Waals surface area contributed by atoms with Gasteiger partial charge in [-0.25, -0.2) is 0 Å². The minimum absolute atomic E-state index is 0.759. The van der Waals surface area contributed by atoms with Crippen molar-refractivity contribution in [3.8, 4) is 0 Å². The lowest BCUT2D eigenvalue weighted by Gasteiger charge is -2.43. The van der Waals surface area contributed by atoms with Crippen molar-refractivity contribution in [3.63, 3.8) is 0 Å². The lowest BCUT2D eigenvalue weighted by molar-refractivity contribution is -0.311. The molecule has 0 aliphatic carbocycles. The third-order valence-corrected chi connectivity index (χ3v) is 1.90. The Kier molecular flexibility index (Phi) is 2.41. The standard InChI is InChI=1S/C8H18O3/c1-6(2,3)8(10,11)7(4,5)9/h9-11H,1-5H3. The average Bonchev–Trinajstić information content (AvgIpc) is 1.58. The molecule has 0 bridgehead atoms. The fraction of sp³-hybridized carbons (Fsp3) is 1.00. The maximum atomic E-state index is 9.49. The summed E-state index contributed by atoms with van der Waals surface area (Å²) in [6.45, 7) is 7.72. The Bertz CT molecular complexity index is 120. The van der Waals surface area contributed by atoms with Crippen LogP contribution in [0.1, 0.15) is 34.6 Å². The van der Waals surface area contributed by atoms with Crippen molar-refractivity contribution < 1.29 is 15.3 Å². The molecule has 3 heteroatoms. The van der Waals surface area contributed by atoms with Crippen molar-refractivity contribution >= 4 is 0 Å². The molecule has 0 radical (unpaired) electrons. The molecular weight excluding hydrogens is 144 g/mol. The molecule has 0 aromatic rings. The summed E-state index contributed by atoms with van der Waals surface area (Å²) < 4.78 is 0. The van der Waals surface area contributed by atoms with E-state index in [1.807, 2.05) is 0 Å². The van der Waals surface area contributed by atoms with Gasteiger partial charge in [0.15, 0.2) is 5.79 Å². The third kappa shape index (κ3) is 1.92. The van der Waals surface area contributed by atoms with Gasteiger partial charge in [-0.3, -0.25) is 0 Å². The zero-order valence-corrected chi connectivity index (χ0v) is 7.84. The van der Waals surface area contributed by atoms with E-state index in [0.717, 1.165) is 0 Å². The maximum Gasteiger partial charge on any atom is 0.196 e. The Hall–Kier alpha value is -0.120. The summed E-state index contributed by atoms with van der Waals surface area (Å²) in [5.74, 6) is -2.07. The first-order valence-electron chi connectivity index (χ1n) is 3.67. The number of aliphatic hydroxyl groups is 3. The van der Waals surface area contributed by atoms with Gasteiger partial charge >= 0.3 is 0 Å². The van der Waals surface area contributed by atoms with Crippen LogP contribution in [-0.2, 0) is 0 Å². The first-order chi connectivity index (χ1) is 4.50. The fourth-order valence-corrected chi connectivity index (χ4v) is 0.918. The van der Waals surface area contributed by atoms with Crippen molar-refractivity contribution in [1.82, 2.24) is 0 Å². The van der Waals surface area contributed by atoms with Gasteiger partial charge in [0.05, 0.1) is 0 Å². The molecule has 0 aliphatic heterocycles. The highest BCUT2D eigenvalue weighted by Crippen LogP contribution is 2.36. The molecule has 11 heavy (non-hydrogen) atoms. The summed E-state index contributed by atoms with van der Waals surface area (Å²) in [5, 5.41) is 28.4. The maximum absolute atomic E-state index is 9.49. The molecule has 0 saturated heterocycles. The van der Waals surface area contributed by atoms with Crippen LogP contribution in [0.4, 0.5) is 0 Å². The van der Waals surface area contributed by atoms with Crippen LogP contribution < -0.4 is 0 Å². The predicted octanol–water partition coefficient (Wildman–Crippen LogP) is 0.484. The highest BCUT2D eigenvalue weighted by molar-refractivity contribution is 4.92. The molecule has 0 aromatic heterocycles. The number of rotatable bonds is 1. The molecule has 0 heterocycles. The molecule has 0 saturated carbocycles. The van der Waals surface area contributed by atoms with Crippen LogP contribution in [0.25, 0.3) is 0 Å². The van der Waals surface area contributed by atoms with Crippen LogP contribution in [0.2, 0.25) is 0 Å². The second kappa shape index (κ2) is 2.44. The largest absolute Gasteiger partial charge is 0.385 e. The van der Waals surface area contributed by atoms with E-state index >= 15 is 0 Å². The summed E-state index contributed by atoms with van der Waals surface area (Å²) >= 11 is 0. The van der Waals surface area contributed by atoms with Gasteiger partial charge in [0, 0.05) is 5.41 Å². The van der Waals surface area contributed by atoms with E-state index < -0.39 is 16.8 Å². The average molecular weight is 162 g/mol. The molecule has 0 aliphatic rings. The second-order valence-electron chi connectivity index (χ2n) is 4.48. The van der Waals surface area contributed by atoms with Crippen molar-refractivity contribution in [3.05, 3.63) is 0 Å². The highest BCUT2D eigenvalue weighted by atomic mass is 16.5. The molecule has 3 N–H and O–H groups in total. The molecule has 3 nitrogen and oxygen atoms in total. The van der Waals surface area contributed by atoms with Gasteiger partial charge in [-0.1, -0.05) is 20.8 Å². The van der Waals surface area contributed by atoms with E-state index in [1.165, 1.54) is 13.8 Å². The van der Waals surface area contributed by atoms with Crippen molar-refractivity contribution in [2.24, 2.45) is 5.41 Å². The number of hydrogen-bond acceptors (Lipinski definition) is 3. The van der Waals surface area contributed by atoms with Gasteiger partial charge in [-0.2, -0.15) is 0 Å². The van der Waals surface area contributed by atoms with E-state index in [9.17, 15) is 15.3 Å². The van der Waals surface area contributed by atoms with E-state index in [0.29, 0.717) is 0 Å². The molecule has 0 unspecified atom stereocenters. The molecule has 0 amide bonds. The molecule has 68 valence electrons. The van der Waals surface area contributed by atoms with Gasteiger partial charge in [-0.15, -0.1) is 0 Å². The van der Waals surface area contributed by atoms with Gasteiger partial charge < -0.3 is 15.3 Å². The lowest BCUT2D eigenvalue weighted by atomic mass is 9.76. The van der Waals surface area contributed by atoms with Crippen molar-refractivity contribution in [1.29, 1.82) is 0 Å². The van der Waals surface area contributed by atoms with Gasteiger partial charge in [-0.05, 0) is 13.8 Å². The van der Waals surface area contributed by atoms with E-state index in [-0.39, 0.29) is 0 Å². The topological polar surface area (TPSA) is 60.7 Å². The first-order valence-corrected chi connectivity index (χ1v) is 3.67. The van der Waals surface area contributed by atoms with E-state index in [4.69, 9.17) is 0 Å². The van der Waals surface area contributed by atoms with Crippen LogP contribution in [0.5, 0.6) is 0 Å². The van der Waals surface area contributed by atoms with Crippen LogP contribution in [0, 0.1) is 5.41 Å². The predicted molar refractivity (Wildman–Crippen MR) is 42.9 cm³/mol.